The second-order valence-corrected chi connectivity index (χ2v) is 5.31. The van der Waals surface area contributed by atoms with Gasteiger partial charge >= 0.3 is 6.18 Å². The highest BCUT2D eigenvalue weighted by molar-refractivity contribution is 5.89. The maximum absolute atomic E-state index is 12.4. The normalized spacial score (nSPS) is 19.6. The minimum atomic E-state index is -4.42. The third-order valence-corrected chi connectivity index (χ3v) is 3.38. The van der Waals surface area contributed by atoms with E-state index < -0.39 is 24.7 Å². The second kappa shape index (κ2) is 6.45. The first-order valence-corrected chi connectivity index (χ1v) is 6.83. The Hall–Kier alpha value is -1.27. The number of likely N-dealkylation sites (tertiary alicyclic amines) is 1. The summed E-state index contributed by atoms with van der Waals surface area (Å²) in [5, 5.41) is 0. The lowest BCUT2D eigenvalue weighted by Crippen LogP contribution is -2.50. The first-order chi connectivity index (χ1) is 9.17. The van der Waals surface area contributed by atoms with Crippen LogP contribution in [0.3, 0.4) is 0 Å². The van der Waals surface area contributed by atoms with Crippen LogP contribution < -0.4 is 0 Å². The van der Waals surface area contributed by atoms with Crippen molar-refractivity contribution in [2.24, 2.45) is 5.92 Å². The molecule has 2 amide bonds. The maximum atomic E-state index is 12.4. The van der Waals surface area contributed by atoms with E-state index in [4.69, 9.17) is 0 Å². The van der Waals surface area contributed by atoms with Crippen molar-refractivity contribution in [1.82, 2.24) is 9.80 Å². The number of rotatable bonds is 4. The van der Waals surface area contributed by atoms with Crippen molar-refractivity contribution in [2.75, 3.05) is 19.6 Å². The molecule has 1 unspecified atom stereocenters. The quantitative estimate of drug-likeness (QED) is 0.796. The molecule has 0 saturated carbocycles. The molecule has 116 valence electrons. The fourth-order valence-electron chi connectivity index (χ4n) is 2.39. The topological polar surface area (TPSA) is 40.6 Å². The van der Waals surface area contributed by atoms with Crippen molar-refractivity contribution in [3.8, 4) is 0 Å². The lowest BCUT2D eigenvalue weighted by atomic mass is 10.1. The van der Waals surface area contributed by atoms with Crippen molar-refractivity contribution >= 4 is 11.8 Å². The number of hydrogen-bond acceptors (Lipinski definition) is 2. The molecular formula is C13H21F3N2O2. The van der Waals surface area contributed by atoms with Crippen molar-refractivity contribution < 1.29 is 22.8 Å². The molecule has 0 aromatic rings. The molecule has 1 saturated heterocycles. The van der Waals surface area contributed by atoms with E-state index >= 15 is 0 Å². The first-order valence-electron chi connectivity index (χ1n) is 6.83. The van der Waals surface area contributed by atoms with Gasteiger partial charge in [-0.2, -0.15) is 13.2 Å². The molecular weight excluding hydrogens is 273 g/mol. The van der Waals surface area contributed by atoms with Crippen LogP contribution in [0.4, 0.5) is 13.2 Å². The number of nitrogens with zero attached hydrogens (tertiary/aromatic N) is 2. The van der Waals surface area contributed by atoms with Crippen LogP contribution in [0.1, 0.15) is 33.6 Å². The SMILES string of the molecule is CCN(CC(F)(F)F)C(=O)C1CCCN1C(=O)C(C)C. The van der Waals surface area contributed by atoms with Crippen LogP contribution in [0.25, 0.3) is 0 Å². The molecule has 1 rings (SSSR count). The Bertz CT molecular complexity index is 369. The summed E-state index contributed by atoms with van der Waals surface area (Å²) in [4.78, 5) is 26.4. The lowest BCUT2D eigenvalue weighted by Gasteiger charge is -2.31. The summed E-state index contributed by atoms with van der Waals surface area (Å²) in [5.41, 5.74) is 0. The molecule has 1 aliphatic heterocycles. The number of likely N-dealkylation sites (N-methyl/N-ethyl adjacent to an activating group) is 1. The number of halogens is 3. The van der Waals surface area contributed by atoms with Crippen molar-refractivity contribution in [3.63, 3.8) is 0 Å². The van der Waals surface area contributed by atoms with Crippen LogP contribution in [0, 0.1) is 5.92 Å². The standard InChI is InChI=1S/C13H21F3N2O2/c1-4-17(8-13(14,15)16)12(20)10-6-5-7-18(10)11(19)9(2)3/h9-10H,4-8H2,1-3H3. The van der Waals surface area contributed by atoms with Crippen LogP contribution in [-0.4, -0.2) is 53.5 Å². The number of carbonyl (C=O) groups excluding carboxylic acids is 2. The smallest absolute Gasteiger partial charge is 0.332 e. The van der Waals surface area contributed by atoms with Crippen LogP contribution in [0.2, 0.25) is 0 Å². The largest absolute Gasteiger partial charge is 0.406 e. The molecule has 1 aliphatic rings. The summed E-state index contributed by atoms with van der Waals surface area (Å²) >= 11 is 0. The van der Waals surface area contributed by atoms with Crippen LogP contribution in [0.15, 0.2) is 0 Å². The molecule has 20 heavy (non-hydrogen) atoms. The van der Waals surface area contributed by atoms with Gasteiger partial charge in [-0.25, -0.2) is 0 Å². The number of amides is 2. The minimum Gasteiger partial charge on any atom is -0.332 e. The first kappa shape index (κ1) is 16.8. The Morgan fingerprint density at radius 1 is 1.35 bits per heavy atom. The fourth-order valence-corrected chi connectivity index (χ4v) is 2.39. The summed E-state index contributed by atoms with van der Waals surface area (Å²) in [6, 6.07) is -0.743. The molecule has 0 N–H and O–H groups in total. The Kier molecular flexibility index (Phi) is 5.42. The molecule has 0 aliphatic carbocycles. The highest BCUT2D eigenvalue weighted by Crippen LogP contribution is 2.23. The molecule has 7 heteroatoms. The zero-order valence-electron chi connectivity index (χ0n) is 12.0. The van der Waals surface area contributed by atoms with Gasteiger partial charge in [-0.05, 0) is 19.8 Å². The van der Waals surface area contributed by atoms with E-state index in [1.165, 1.54) is 11.8 Å². The fraction of sp³-hybridized carbons (Fsp3) is 0.846. The molecule has 0 radical (unpaired) electrons. The van der Waals surface area contributed by atoms with Gasteiger partial charge in [0, 0.05) is 19.0 Å². The van der Waals surface area contributed by atoms with Crippen LogP contribution in [0.5, 0.6) is 0 Å². The Morgan fingerprint density at radius 2 is 1.95 bits per heavy atom. The van der Waals surface area contributed by atoms with E-state index in [-0.39, 0.29) is 18.4 Å². The maximum Gasteiger partial charge on any atom is 0.406 e. The zero-order chi connectivity index (χ0) is 15.5. The minimum absolute atomic E-state index is 0.0153. The average Bonchev–Trinajstić information content (AvgIpc) is 2.81. The van der Waals surface area contributed by atoms with E-state index in [0.717, 1.165) is 4.90 Å². The molecule has 0 aromatic carbocycles. The van der Waals surface area contributed by atoms with Gasteiger partial charge in [-0.15, -0.1) is 0 Å². The van der Waals surface area contributed by atoms with Gasteiger partial charge in [-0.1, -0.05) is 13.8 Å². The van der Waals surface area contributed by atoms with E-state index in [2.05, 4.69) is 0 Å². The Morgan fingerprint density at radius 3 is 2.40 bits per heavy atom. The molecule has 0 bridgehead atoms. The third-order valence-electron chi connectivity index (χ3n) is 3.38. The van der Waals surface area contributed by atoms with Crippen molar-refractivity contribution in [3.05, 3.63) is 0 Å². The van der Waals surface area contributed by atoms with E-state index in [1.54, 1.807) is 13.8 Å². The van der Waals surface area contributed by atoms with Gasteiger partial charge in [0.25, 0.3) is 0 Å². The van der Waals surface area contributed by atoms with Gasteiger partial charge in [0.05, 0.1) is 0 Å². The number of hydrogen-bond donors (Lipinski definition) is 0. The predicted octanol–water partition coefficient (Wildman–Crippen LogP) is 2.04. The van der Waals surface area contributed by atoms with Crippen LogP contribution in [-0.2, 0) is 9.59 Å². The number of alkyl halides is 3. The van der Waals surface area contributed by atoms with Gasteiger partial charge in [0.15, 0.2) is 0 Å². The monoisotopic (exact) mass is 294 g/mol. The highest BCUT2D eigenvalue weighted by Gasteiger charge is 2.40. The summed E-state index contributed by atoms with van der Waals surface area (Å²) in [6.45, 7) is 4.11. The predicted molar refractivity (Wildman–Crippen MR) is 67.9 cm³/mol. The van der Waals surface area contributed by atoms with Crippen molar-refractivity contribution in [1.29, 1.82) is 0 Å². The Balaban J connectivity index is 2.80. The van der Waals surface area contributed by atoms with Gasteiger partial charge in [0.2, 0.25) is 11.8 Å². The zero-order valence-corrected chi connectivity index (χ0v) is 12.0. The lowest BCUT2D eigenvalue weighted by molar-refractivity contribution is -0.164. The van der Waals surface area contributed by atoms with Crippen LogP contribution >= 0.6 is 0 Å². The summed E-state index contributed by atoms with van der Waals surface area (Å²) in [7, 11) is 0. The van der Waals surface area contributed by atoms with Crippen molar-refractivity contribution in [2.45, 2.75) is 45.8 Å². The Labute approximate surface area is 116 Å². The molecule has 1 heterocycles. The average molecular weight is 294 g/mol. The molecule has 1 fully saturated rings. The highest BCUT2D eigenvalue weighted by atomic mass is 19.4. The van der Waals surface area contributed by atoms with E-state index in [1.807, 2.05) is 0 Å². The molecule has 1 atom stereocenters. The molecule has 0 spiro atoms. The van der Waals surface area contributed by atoms with Gasteiger partial charge in [0.1, 0.15) is 12.6 Å². The van der Waals surface area contributed by atoms with Gasteiger partial charge in [-0.3, -0.25) is 9.59 Å². The summed E-state index contributed by atoms with van der Waals surface area (Å²) < 4.78 is 37.3. The molecule has 0 aromatic heterocycles. The second-order valence-electron chi connectivity index (χ2n) is 5.31. The summed E-state index contributed by atoms with van der Waals surface area (Å²) in [5.74, 6) is -1.04. The summed E-state index contributed by atoms with van der Waals surface area (Å²) in [6.07, 6.45) is -3.33. The van der Waals surface area contributed by atoms with Gasteiger partial charge < -0.3 is 9.80 Å². The van der Waals surface area contributed by atoms with E-state index in [0.29, 0.717) is 19.4 Å². The number of carbonyl (C=O) groups is 2. The third kappa shape index (κ3) is 4.11. The van der Waals surface area contributed by atoms with E-state index in [9.17, 15) is 22.8 Å². The molecule has 4 nitrogen and oxygen atoms in total.